The Kier molecular flexibility index (Phi) is 33.5. The second-order valence-corrected chi connectivity index (χ2v) is 14.8. The number of hydrogen-bond acceptors (Lipinski definition) is 7. The number of hydrogen-bond donors (Lipinski definition) is 0. The highest BCUT2D eigenvalue weighted by atomic mass is 16.6. The summed E-state index contributed by atoms with van der Waals surface area (Å²) in [5.74, 6) is -1.77. The predicted octanol–water partition coefficient (Wildman–Crippen LogP) is 9.52. The Labute approximate surface area is 318 Å². The van der Waals surface area contributed by atoms with Crippen molar-refractivity contribution in [2.24, 2.45) is 0 Å². The zero-order valence-corrected chi connectivity index (χ0v) is 34.0. The van der Waals surface area contributed by atoms with Gasteiger partial charge in [-0.3, -0.25) is 9.59 Å². The van der Waals surface area contributed by atoms with E-state index in [1.54, 1.807) is 21.1 Å². The molecule has 0 heterocycles. The molecule has 8 nitrogen and oxygen atoms in total. The van der Waals surface area contributed by atoms with Gasteiger partial charge in [-0.05, 0) is 70.6 Å². The zero-order valence-electron chi connectivity index (χ0n) is 34.0. The molecule has 2 unspecified atom stereocenters. The van der Waals surface area contributed by atoms with Crippen molar-refractivity contribution in [1.82, 2.24) is 0 Å². The average molecular weight is 732 g/mol. The van der Waals surface area contributed by atoms with Crippen LogP contribution in [0, 0.1) is 0 Å². The number of carboxylic acid groups (broad SMARTS) is 1. The van der Waals surface area contributed by atoms with Crippen molar-refractivity contribution in [2.45, 2.75) is 174 Å². The van der Waals surface area contributed by atoms with Crippen LogP contribution in [0.15, 0.2) is 48.6 Å². The maximum absolute atomic E-state index is 12.7. The average Bonchev–Trinajstić information content (AvgIpc) is 3.09. The van der Waals surface area contributed by atoms with Crippen LogP contribution in [0.2, 0.25) is 0 Å². The van der Waals surface area contributed by atoms with Crippen LogP contribution in [0.25, 0.3) is 0 Å². The molecule has 0 aliphatic rings. The Hall–Kier alpha value is -2.71. The van der Waals surface area contributed by atoms with E-state index in [0.717, 1.165) is 83.5 Å². The van der Waals surface area contributed by atoms with Crippen LogP contribution in [0.3, 0.4) is 0 Å². The topological polar surface area (TPSA) is 102 Å². The highest BCUT2D eigenvalue weighted by Crippen LogP contribution is 2.13. The number of carbonyl (C=O) groups is 3. The summed E-state index contributed by atoms with van der Waals surface area (Å²) >= 11 is 0. The lowest BCUT2D eigenvalue weighted by molar-refractivity contribution is -0.889. The minimum Gasteiger partial charge on any atom is -0.544 e. The number of allylic oxidation sites excluding steroid dienone is 8. The zero-order chi connectivity index (χ0) is 38.5. The summed E-state index contributed by atoms with van der Waals surface area (Å²) in [5.41, 5.74) is 0. The Morgan fingerprint density at radius 2 is 1.08 bits per heavy atom. The van der Waals surface area contributed by atoms with E-state index in [1.807, 2.05) is 0 Å². The maximum Gasteiger partial charge on any atom is 0.306 e. The van der Waals surface area contributed by atoms with Gasteiger partial charge in [0.25, 0.3) is 0 Å². The van der Waals surface area contributed by atoms with E-state index in [-0.39, 0.29) is 42.7 Å². The molecule has 0 aromatic heterocycles. The summed E-state index contributed by atoms with van der Waals surface area (Å²) in [6.45, 7) is 4.49. The number of unbranched alkanes of at least 4 members (excludes halogenated alkanes) is 14. The molecule has 52 heavy (non-hydrogen) atoms. The molecule has 0 aromatic rings. The fraction of sp³-hybridized carbons (Fsp3) is 0.750. The van der Waals surface area contributed by atoms with Gasteiger partial charge in [-0.1, -0.05) is 120 Å². The van der Waals surface area contributed by atoms with E-state index < -0.39 is 18.1 Å². The van der Waals surface area contributed by atoms with Crippen LogP contribution in [0.5, 0.6) is 0 Å². The van der Waals surface area contributed by atoms with E-state index in [2.05, 4.69) is 62.5 Å². The van der Waals surface area contributed by atoms with Gasteiger partial charge < -0.3 is 28.6 Å². The van der Waals surface area contributed by atoms with Crippen LogP contribution in [-0.4, -0.2) is 75.5 Å². The number of carbonyl (C=O) groups excluding carboxylic acids is 3. The van der Waals surface area contributed by atoms with Gasteiger partial charge in [0.1, 0.15) is 12.6 Å². The number of carboxylic acids is 1. The number of nitrogens with zero attached hydrogens (tertiary/aromatic N) is 1. The molecule has 0 saturated carbocycles. The van der Waals surface area contributed by atoms with E-state index in [0.29, 0.717) is 12.8 Å². The molecule has 8 heteroatoms. The molecule has 2 atom stereocenters. The summed E-state index contributed by atoms with van der Waals surface area (Å²) in [6.07, 6.45) is 39.9. The summed E-state index contributed by atoms with van der Waals surface area (Å²) in [6, 6.07) is -0.729. The third-order valence-electron chi connectivity index (χ3n) is 8.95. The first-order valence-corrected chi connectivity index (χ1v) is 20.7. The summed E-state index contributed by atoms with van der Waals surface area (Å²) in [4.78, 5) is 36.7. The second kappa shape index (κ2) is 35.3. The number of quaternary nitrogens is 1. The molecule has 0 rings (SSSR count). The van der Waals surface area contributed by atoms with Crippen molar-refractivity contribution in [2.75, 3.05) is 41.0 Å². The van der Waals surface area contributed by atoms with E-state index in [9.17, 15) is 19.5 Å². The number of esters is 2. The molecular formula is C44H77NO7. The van der Waals surface area contributed by atoms with Crippen LogP contribution in [-0.2, 0) is 28.6 Å². The molecule has 0 N–H and O–H groups in total. The molecular weight excluding hydrogens is 654 g/mol. The quantitative estimate of drug-likeness (QED) is 0.0274. The summed E-state index contributed by atoms with van der Waals surface area (Å²) < 4.78 is 17.1. The van der Waals surface area contributed by atoms with E-state index in [1.165, 1.54) is 44.9 Å². The lowest BCUT2D eigenvalue weighted by Gasteiger charge is -2.34. The van der Waals surface area contributed by atoms with Crippen LogP contribution in [0.1, 0.15) is 162 Å². The molecule has 0 fully saturated rings. The van der Waals surface area contributed by atoms with Crippen molar-refractivity contribution >= 4 is 17.9 Å². The molecule has 300 valence electrons. The monoisotopic (exact) mass is 732 g/mol. The smallest absolute Gasteiger partial charge is 0.306 e. The van der Waals surface area contributed by atoms with Gasteiger partial charge in [-0.15, -0.1) is 0 Å². The highest BCUT2D eigenvalue weighted by Gasteiger charge is 2.25. The van der Waals surface area contributed by atoms with Gasteiger partial charge in [0.05, 0.1) is 40.3 Å². The highest BCUT2D eigenvalue weighted by molar-refractivity contribution is 5.70. The summed E-state index contributed by atoms with van der Waals surface area (Å²) in [5, 5.41) is 11.6. The molecule has 0 radical (unpaired) electrons. The van der Waals surface area contributed by atoms with Gasteiger partial charge in [0, 0.05) is 19.3 Å². The predicted molar refractivity (Wildman–Crippen MR) is 213 cm³/mol. The number of rotatable bonds is 36. The first-order chi connectivity index (χ1) is 25.1. The van der Waals surface area contributed by atoms with Crippen molar-refractivity contribution in [1.29, 1.82) is 0 Å². The largest absolute Gasteiger partial charge is 0.544 e. The van der Waals surface area contributed by atoms with Crippen LogP contribution in [0.4, 0.5) is 0 Å². The van der Waals surface area contributed by atoms with E-state index in [4.69, 9.17) is 14.2 Å². The molecule has 0 bridgehead atoms. The number of likely N-dealkylation sites (N-methyl/N-ethyl adjacent to an activating group) is 1. The van der Waals surface area contributed by atoms with Crippen molar-refractivity contribution in [3.63, 3.8) is 0 Å². The third-order valence-corrected chi connectivity index (χ3v) is 8.95. The fourth-order valence-corrected chi connectivity index (χ4v) is 5.73. The number of ether oxygens (including phenoxy) is 3. The van der Waals surface area contributed by atoms with Gasteiger partial charge in [0.15, 0.2) is 6.10 Å². The minimum absolute atomic E-state index is 0.0318. The Morgan fingerprint density at radius 3 is 1.62 bits per heavy atom. The first kappa shape index (κ1) is 49.3. The van der Waals surface area contributed by atoms with Crippen molar-refractivity contribution < 1.29 is 38.2 Å². The molecule has 0 aromatic carbocycles. The first-order valence-electron chi connectivity index (χ1n) is 20.7. The Bertz CT molecular complexity index is 995. The third kappa shape index (κ3) is 33.1. The van der Waals surface area contributed by atoms with Crippen LogP contribution >= 0.6 is 0 Å². The van der Waals surface area contributed by atoms with Gasteiger partial charge >= 0.3 is 11.9 Å². The number of aliphatic carboxylic acids is 1. The Morgan fingerprint density at radius 1 is 0.596 bits per heavy atom. The lowest BCUT2D eigenvalue weighted by Crippen LogP contribution is -2.55. The molecule has 0 aliphatic heterocycles. The van der Waals surface area contributed by atoms with Gasteiger partial charge in [-0.2, -0.15) is 0 Å². The fourth-order valence-electron chi connectivity index (χ4n) is 5.73. The standard InChI is InChI=1S/C44H77NO7/c1-6-8-10-12-14-16-18-20-21-22-23-25-27-29-31-33-35-43(47)52-40(38-50-37-36-41(44(48)49)45(3,4)5)39-51-42(46)34-32-30-28-26-24-19-17-15-13-11-9-7-2/h8,10,14-17,20-21,40-41H,6-7,9,11-13,18-19,22-39H2,1-5H3/b10-8+,16-14+,17-15+,21-20+. The normalized spacial score (nSPS) is 13.5. The maximum atomic E-state index is 12.7. The summed E-state index contributed by atoms with van der Waals surface area (Å²) in [7, 11) is 5.39. The second-order valence-electron chi connectivity index (χ2n) is 14.8. The van der Waals surface area contributed by atoms with Gasteiger partial charge in [-0.25, -0.2) is 0 Å². The molecule has 0 saturated heterocycles. The van der Waals surface area contributed by atoms with E-state index >= 15 is 0 Å². The van der Waals surface area contributed by atoms with Crippen molar-refractivity contribution in [3.8, 4) is 0 Å². The van der Waals surface area contributed by atoms with Gasteiger partial charge in [0.2, 0.25) is 0 Å². The van der Waals surface area contributed by atoms with Crippen molar-refractivity contribution in [3.05, 3.63) is 48.6 Å². The molecule has 0 spiro atoms. The molecule has 0 amide bonds. The lowest BCUT2D eigenvalue weighted by atomic mass is 10.1. The minimum atomic E-state index is -1.13. The SMILES string of the molecule is CC/C=C/C/C=C/C/C=C/CCCCCCCCC(=O)OC(COCCC(C(=O)[O-])[N+](C)(C)C)COC(=O)CCCCCCC/C=C/CCCCC. The Balaban J connectivity index is 4.42. The molecule has 0 aliphatic carbocycles. The van der Waals surface area contributed by atoms with Crippen LogP contribution < -0.4 is 5.11 Å².